The molecule has 26 heavy (non-hydrogen) atoms. The van der Waals surface area contributed by atoms with Crippen LogP contribution in [0.2, 0.25) is 0 Å². The van der Waals surface area contributed by atoms with Gasteiger partial charge in [0.15, 0.2) is 5.78 Å². The highest BCUT2D eigenvalue weighted by molar-refractivity contribution is 5.99. The number of hydrogen-bond donors (Lipinski definition) is 1. The number of ketones is 1. The minimum atomic E-state index is -0.627. The zero-order valence-electron chi connectivity index (χ0n) is 15.4. The topological polar surface area (TPSA) is 83.7 Å². The number of carbonyl (C=O) groups is 3. The largest absolute Gasteiger partial charge is 0.368 e. The number of nitrogens with zero attached hydrogens (tertiary/aromatic N) is 2. The Labute approximate surface area is 154 Å². The van der Waals surface area contributed by atoms with E-state index in [4.69, 9.17) is 5.73 Å². The van der Waals surface area contributed by atoms with Crippen molar-refractivity contribution >= 4 is 17.6 Å². The Morgan fingerprint density at radius 3 is 2.15 bits per heavy atom. The number of carbonyl (C=O) groups excluding carboxylic acids is 3. The summed E-state index contributed by atoms with van der Waals surface area (Å²) in [7, 11) is 0. The van der Waals surface area contributed by atoms with E-state index in [0.29, 0.717) is 37.1 Å². The van der Waals surface area contributed by atoms with Crippen molar-refractivity contribution in [3.8, 4) is 0 Å². The fraction of sp³-hybridized carbons (Fsp3) is 0.550. The molecule has 2 N–H and O–H groups in total. The third kappa shape index (κ3) is 3.51. The highest BCUT2D eigenvalue weighted by Gasteiger charge is 2.45. The van der Waals surface area contributed by atoms with Crippen molar-refractivity contribution in [2.45, 2.75) is 44.6 Å². The number of piperidine rings is 2. The molecule has 3 rings (SSSR count). The van der Waals surface area contributed by atoms with E-state index in [0.717, 1.165) is 25.9 Å². The van der Waals surface area contributed by atoms with Crippen molar-refractivity contribution in [3.63, 3.8) is 0 Å². The highest BCUT2D eigenvalue weighted by Crippen LogP contribution is 2.32. The fourth-order valence-electron chi connectivity index (χ4n) is 4.17. The molecule has 0 bridgehead atoms. The Hall–Kier alpha value is -2.21. The normalized spacial score (nSPS) is 20.6. The van der Waals surface area contributed by atoms with Crippen LogP contribution >= 0.6 is 0 Å². The van der Waals surface area contributed by atoms with Crippen molar-refractivity contribution < 1.29 is 14.4 Å². The van der Waals surface area contributed by atoms with Crippen LogP contribution < -0.4 is 5.73 Å². The second-order valence-corrected chi connectivity index (χ2v) is 7.37. The first-order valence-electron chi connectivity index (χ1n) is 9.39. The third-order valence-electron chi connectivity index (χ3n) is 5.81. The Kier molecular flexibility index (Phi) is 5.41. The summed E-state index contributed by atoms with van der Waals surface area (Å²) < 4.78 is 0. The molecule has 6 heteroatoms. The Bertz CT molecular complexity index is 702. The van der Waals surface area contributed by atoms with E-state index < -0.39 is 5.54 Å². The van der Waals surface area contributed by atoms with Crippen molar-refractivity contribution in [2.75, 3.05) is 26.2 Å². The summed E-state index contributed by atoms with van der Waals surface area (Å²) in [6, 6.07) is 6.82. The van der Waals surface area contributed by atoms with E-state index >= 15 is 0 Å². The van der Waals surface area contributed by atoms with Crippen molar-refractivity contribution in [3.05, 3.63) is 35.4 Å². The minimum absolute atomic E-state index is 0.0591. The van der Waals surface area contributed by atoms with E-state index in [1.54, 1.807) is 29.2 Å². The lowest BCUT2D eigenvalue weighted by Gasteiger charge is -2.48. The summed E-state index contributed by atoms with van der Waals surface area (Å²) in [5, 5.41) is 0. The molecule has 2 aliphatic rings. The standard InChI is InChI=1S/C20H27N3O3/c1-15(24)16-6-5-7-17(14-16)18(25)22-12-8-20(9-13-22,19(21)26)23-10-3-2-4-11-23/h5-7,14H,2-4,8-13H2,1H3,(H2,21,26). The molecule has 6 nitrogen and oxygen atoms in total. The Morgan fingerprint density at radius 2 is 1.58 bits per heavy atom. The quantitative estimate of drug-likeness (QED) is 0.834. The molecule has 0 aromatic heterocycles. The highest BCUT2D eigenvalue weighted by atomic mass is 16.2. The smallest absolute Gasteiger partial charge is 0.253 e. The SMILES string of the molecule is CC(=O)c1cccc(C(=O)N2CCC(C(N)=O)(N3CCCCC3)CC2)c1. The molecule has 0 unspecified atom stereocenters. The molecule has 1 aromatic rings. The van der Waals surface area contributed by atoms with Gasteiger partial charge in [-0.3, -0.25) is 19.3 Å². The molecule has 0 radical (unpaired) electrons. The maximum atomic E-state index is 12.8. The van der Waals surface area contributed by atoms with Crippen molar-refractivity contribution in [1.29, 1.82) is 0 Å². The van der Waals surface area contributed by atoms with Crippen LogP contribution in [0.1, 0.15) is 59.7 Å². The average Bonchev–Trinajstić information content (AvgIpc) is 2.68. The number of amides is 2. The van der Waals surface area contributed by atoms with E-state index in [1.807, 2.05) is 0 Å². The fourth-order valence-corrected chi connectivity index (χ4v) is 4.17. The van der Waals surface area contributed by atoms with Gasteiger partial charge in [0, 0.05) is 24.2 Å². The van der Waals surface area contributed by atoms with Gasteiger partial charge in [0.25, 0.3) is 5.91 Å². The van der Waals surface area contributed by atoms with Crippen LogP contribution in [0, 0.1) is 0 Å². The van der Waals surface area contributed by atoms with Gasteiger partial charge in [0.2, 0.25) is 5.91 Å². The molecule has 2 saturated heterocycles. The van der Waals surface area contributed by atoms with Crippen LogP contribution in [-0.4, -0.2) is 59.1 Å². The first kappa shape index (κ1) is 18.6. The molecule has 2 aliphatic heterocycles. The summed E-state index contributed by atoms with van der Waals surface area (Å²) in [5.74, 6) is -0.425. The summed E-state index contributed by atoms with van der Waals surface area (Å²) >= 11 is 0. The molecule has 140 valence electrons. The number of hydrogen-bond acceptors (Lipinski definition) is 4. The van der Waals surface area contributed by atoms with E-state index in [2.05, 4.69) is 4.90 Å². The molecular formula is C20H27N3O3. The molecule has 0 aliphatic carbocycles. The van der Waals surface area contributed by atoms with Gasteiger partial charge in [-0.25, -0.2) is 0 Å². The molecule has 2 amide bonds. The average molecular weight is 357 g/mol. The van der Waals surface area contributed by atoms with E-state index in [9.17, 15) is 14.4 Å². The predicted octanol–water partition coefficient (Wildman–Crippen LogP) is 1.84. The number of nitrogens with two attached hydrogens (primary N) is 1. The van der Waals surface area contributed by atoms with Crippen LogP contribution in [0.5, 0.6) is 0 Å². The maximum Gasteiger partial charge on any atom is 0.253 e. The third-order valence-corrected chi connectivity index (χ3v) is 5.81. The van der Waals surface area contributed by atoms with Crippen LogP contribution in [0.15, 0.2) is 24.3 Å². The van der Waals surface area contributed by atoms with Crippen molar-refractivity contribution in [2.24, 2.45) is 5.73 Å². The summed E-state index contributed by atoms with van der Waals surface area (Å²) in [4.78, 5) is 40.6. The lowest BCUT2D eigenvalue weighted by molar-refractivity contribution is -0.134. The number of benzene rings is 1. The zero-order chi connectivity index (χ0) is 18.7. The molecule has 0 saturated carbocycles. The van der Waals surface area contributed by atoms with Gasteiger partial charge in [0.05, 0.1) is 0 Å². The van der Waals surface area contributed by atoms with Gasteiger partial charge in [-0.1, -0.05) is 18.6 Å². The monoisotopic (exact) mass is 357 g/mol. The number of likely N-dealkylation sites (tertiary alicyclic amines) is 2. The first-order valence-corrected chi connectivity index (χ1v) is 9.39. The van der Waals surface area contributed by atoms with Gasteiger partial charge in [-0.05, 0) is 57.8 Å². The van der Waals surface area contributed by atoms with E-state index in [-0.39, 0.29) is 17.6 Å². The minimum Gasteiger partial charge on any atom is -0.368 e. The van der Waals surface area contributed by atoms with Gasteiger partial charge < -0.3 is 10.6 Å². The number of primary amides is 1. The molecule has 2 fully saturated rings. The van der Waals surface area contributed by atoms with Crippen LogP contribution in [0.3, 0.4) is 0 Å². The van der Waals surface area contributed by atoms with Gasteiger partial charge >= 0.3 is 0 Å². The van der Waals surface area contributed by atoms with Crippen LogP contribution in [0.25, 0.3) is 0 Å². The Balaban J connectivity index is 1.72. The van der Waals surface area contributed by atoms with Gasteiger partial charge in [0.1, 0.15) is 5.54 Å². The summed E-state index contributed by atoms with van der Waals surface area (Å²) in [5.41, 5.74) is 6.22. The zero-order valence-corrected chi connectivity index (χ0v) is 15.4. The van der Waals surface area contributed by atoms with Crippen LogP contribution in [-0.2, 0) is 4.79 Å². The number of rotatable bonds is 4. The summed E-state index contributed by atoms with van der Waals surface area (Å²) in [6.07, 6.45) is 4.52. The van der Waals surface area contributed by atoms with Crippen LogP contribution in [0.4, 0.5) is 0 Å². The first-order chi connectivity index (χ1) is 12.4. The lowest BCUT2D eigenvalue weighted by atomic mass is 9.83. The number of Topliss-reactive ketones (excluding diaryl/α,β-unsaturated/α-hetero) is 1. The molecule has 0 atom stereocenters. The van der Waals surface area contributed by atoms with Gasteiger partial charge in [-0.2, -0.15) is 0 Å². The second-order valence-electron chi connectivity index (χ2n) is 7.37. The van der Waals surface area contributed by atoms with Crippen molar-refractivity contribution in [1.82, 2.24) is 9.80 Å². The molecule has 1 aromatic carbocycles. The Morgan fingerprint density at radius 1 is 0.962 bits per heavy atom. The molecular weight excluding hydrogens is 330 g/mol. The lowest BCUT2D eigenvalue weighted by Crippen LogP contribution is -2.63. The predicted molar refractivity (Wildman–Crippen MR) is 98.9 cm³/mol. The molecule has 0 spiro atoms. The summed E-state index contributed by atoms with van der Waals surface area (Å²) in [6.45, 7) is 4.30. The van der Waals surface area contributed by atoms with Gasteiger partial charge in [-0.15, -0.1) is 0 Å². The van der Waals surface area contributed by atoms with E-state index in [1.165, 1.54) is 13.3 Å². The maximum absolute atomic E-state index is 12.8. The molecule has 2 heterocycles. The second kappa shape index (κ2) is 7.58.